The molecule has 0 aliphatic carbocycles. The molecule has 0 aromatic heterocycles. The van der Waals surface area contributed by atoms with E-state index in [0.29, 0.717) is 11.1 Å². The molecule has 0 N–H and O–H groups in total. The molecule has 0 fully saturated rings. The SMILES string of the molecule is CC(C)=CCC/C(C)=C\COC(=O)c1cc(OCCCCC(F)(F)C(F)(F)C(F)(F)C(F)(F)C(F)(F)C(F)(F)C(F)(F)C(F)(F)F)c(OCCCCC(F)(F)C(F)(F)C(F)(F)C(F)(F)C(F)(F)C(F)(F)C(F)(F)C(F)(F)F)c(OCCCCC(F)(F)C(F)(F)C(F)(F)C(F)(F)C(F)(F)C(F)(F)C(F)(F)C(F)(F)F)c1. The molecule has 0 heterocycles. The van der Waals surface area contributed by atoms with Crippen molar-refractivity contribution in [3.63, 3.8) is 0 Å². The van der Waals surface area contributed by atoms with Gasteiger partial charge in [0.2, 0.25) is 5.75 Å². The zero-order valence-electron chi connectivity index (χ0n) is 52.7. The lowest BCUT2D eigenvalue weighted by molar-refractivity contribution is -0.461. The van der Waals surface area contributed by atoms with Crippen molar-refractivity contribution in [2.24, 2.45) is 0 Å². The van der Waals surface area contributed by atoms with E-state index in [9.17, 15) is 229 Å². The topological polar surface area (TPSA) is 54.0 Å². The summed E-state index contributed by atoms with van der Waals surface area (Å²) in [5.74, 6) is -187. The van der Waals surface area contributed by atoms with Crippen molar-refractivity contribution < 1.29 is 248 Å². The minimum Gasteiger partial charge on any atom is -0.490 e. The van der Waals surface area contributed by atoms with Crippen molar-refractivity contribution >= 4 is 5.97 Å². The zero-order valence-corrected chi connectivity index (χ0v) is 52.7. The number of allylic oxidation sites excluding steroid dienone is 3. The number of hydrogen-bond acceptors (Lipinski definition) is 5. The molecule has 0 saturated carbocycles. The molecule has 0 aliphatic rings. The zero-order chi connectivity index (χ0) is 87.3. The maximum Gasteiger partial charge on any atom is 0.460 e. The summed E-state index contributed by atoms with van der Waals surface area (Å²) in [6.07, 6.45) is -43.1. The molecule has 0 radical (unpaired) electrons. The van der Waals surface area contributed by atoms with Gasteiger partial charge in [-0.05, 0) is 90.3 Å². The van der Waals surface area contributed by atoms with Crippen LogP contribution in [0.1, 0.15) is 102 Å². The van der Waals surface area contributed by atoms with Gasteiger partial charge in [0.1, 0.15) is 6.61 Å². The predicted octanol–water partition coefficient (Wildman–Crippen LogP) is 24.2. The van der Waals surface area contributed by atoms with Crippen molar-refractivity contribution in [2.45, 2.75) is 234 Å². The number of rotatable bonds is 42. The standard InChI is InChI=1S/C53H43F51O5/c1-23(2)11-10-12-24(3)13-20-109-29(105)25-21-26(106-17-7-4-14-30(54,55)33(60,61)36(66,67)39(72,73)42(78,79)45(84,85)48(90,91)51(96,97)98)28(108-19-9-6-16-32(58,59)35(64,65)38(70,71)41(76,77)44(82,83)47(88,89)50(94,95)53(102,103)104)27(22-25)107-18-8-5-15-31(56,57)34(62,63)37(68,69)40(74,75)43(80,81)46(86,87)49(92,93)52(99,100)101/h11,13,21-22H,4-10,12,14-20H2,1-3H3/b24-13-. The van der Waals surface area contributed by atoms with E-state index in [2.05, 4.69) is 0 Å². The molecule has 0 atom stereocenters. The van der Waals surface area contributed by atoms with Crippen molar-refractivity contribution in [3.8, 4) is 17.2 Å². The van der Waals surface area contributed by atoms with E-state index in [-0.39, 0.29) is 25.0 Å². The fourth-order valence-corrected chi connectivity index (χ4v) is 8.03. The molecule has 0 spiro atoms. The summed E-state index contributed by atoms with van der Waals surface area (Å²) in [4.78, 5) is 13.3. The molecular weight excluding hydrogens is 1690 g/mol. The third-order valence-electron chi connectivity index (χ3n) is 14.8. The Labute approximate surface area is 572 Å². The Balaban J connectivity index is 4.19. The van der Waals surface area contributed by atoms with Crippen LogP contribution < -0.4 is 14.2 Å². The summed E-state index contributed by atoms with van der Waals surface area (Å²) in [5.41, 5.74) is -0.276. The molecule has 1 rings (SSSR count). The summed E-state index contributed by atoms with van der Waals surface area (Å²) in [5, 5.41) is 0. The van der Waals surface area contributed by atoms with Gasteiger partial charge in [0.15, 0.2) is 11.5 Å². The molecule has 0 aliphatic heterocycles. The van der Waals surface area contributed by atoms with Gasteiger partial charge in [-0.3, -0.25) is 0 Å². The lowest BCUT2D eigenvalue weighted by atomic mass is 9.88. The van der Waals surface area contributed by atoms with Crippen LogP contribution in [-0.4, -0.2) is 175 Å². The highest BCUT2D eigenvalue weighted by Crippen LogP contribution is 2.69. The molecule has 5 nitrogen and oxygen atoms in total. The second-order valence-electron chi connectivity index (χ2n) is 23.1. The van der Waals surface area contributed by atoms with Gasteiger partial charge in [0.25, 0.3) is 0 Å². The molecule has 0 bridgehead atoms. The number of carbonyl (C=O) groups is 1. The normalized spacial score (nSPS) is 15.7. The number of carbonyl (C=O) groups excluding carboxylic acids is 1. The Hall–Kier alpha value is -6.00. The number of halogens is 51. The Morgan fingerprint density at radius 1 is 0.294 bits per heavy atom. The van der Waals surface area contributed by atoms with Crippen LogP contribution in [0.2, 0.25) is 0 Å². The summed E-state index contributed by atoms with van der Waals surface area (Å²) < 4.78 is 726. The summed E-state index contributed by atoms with van der Waals surface area (Å²) in [6.45, 7) is -1.91. The summed E-state index contributed by atoms with van der Waals surface area (Å²) in [6, 6.07) is 0.116. The lowest BCUT2D eigenvalue weighted by Crippen LogP contribution is -2.74. The number of alkyl halides is 51. The molecule has 1 aromatic carbocycles. The maximum absolute atomic E-state index is 14.8. The highest BCUT2D eigenvalue weighted by Gasteiger charge is 2.98. The first-order valence-electron chi connectivity index (χ1n) is 28.3. The van der Waals surface area contributed by atoms with Crippen molar-refractivity contribution in [2.75, 3.05) is 26.4 Å². The Morgan fingerprint density at radius 3 is 0.743 bits per heavy atom. The summed E-state index contributed by atoms with van der Waals surface area (Å²) >= 11 is 0. The maximum atomic E-state index is 14.8. The Kier molecular flexibility index (Phi) is 29.1. The van der Waals surface area contributed by atoms with E-state index >= 15 is 0 Å². The van der Waals surface area contributed by atoms with Gasteiger partial charge in [0, 0.05) is 19.3 Å². The first-order valence-corrected chi connectivity index (χ1v) is 28.3. The monoisotopic (exact) mass is 1730 g/mol. The van der Waals surface area contributed by atoms with Gasteiger partial charge in [0.05, 0.1) is 25.4 Å². The molecule has 109 heavy (non-hydrogen) atoms. The van der Waals surface area contributed by atoms with Crippen LogP contribution in [-0.2, 0) is 4.74 Å². The quantitative estimate of drug-likeness (QED) is 0.0283. The molecule has 0 unspecified atom stereocenters. The highest BCUT2D eigenvalue weighted by atomic mass is 19.5. The fraction of sp³-hybridized carbons (Fsp3) is 0.792. The van der Waals surface area contributed by atoms with Gasteiger partial charge < -0.3 is 18.9 Å². The van der Waals surface area contributed by atoms with Crippen LogP contribution in [0.25, 0.3) is 0 Å². The highest BCUT2D eigenvalue weighted by molar-refractivity contribution is 5.91. The van der Waals surface area contributed by atoms with E-state index in [1.807, 2.05) is 0 Å². The van der Waals surface area contributed by atoms with E-state index in [0.717, 1.165) is 6.08 Å². The van der Waals surface area contributed by atoms with Crippen LogP contribution in [0, 0.1) is 0 Å². The molecule has 1 aromatic rings. The average molecular weight is 1730 g/mol. The van der Waals surface area contributed by atoms with Gasteiger partial charge in [-0.25, -0.2) is 4.79 Å². The van der Waals surface area contributed by atoms with E-state index in [1.54, 1.807) is 19.9 Å². The van der Waals surface area contributed by atoms with Gasteiger partial charge in [-0.2, -0.15) is 224 Å². The number of unbranched alkanes of at least 4 members (excludes halogenated alkanes) is 3. The van der Waals surface area contributed by atoms with Gasteiger partial charge in [-0.15, -0.1) is 0 Å². The number of benzene rings is 1. The smallest absolute Gasteiger partial charge is 0.460 e. The van der Waals surface area contributed by atoms with Crippen LogP contribution in [0.15, 0.2) is 35.4 Å². The molecule has 642 valence electrons. The van der Waals surface area contributed by atoms with Crippen molar-refractivity contribution in [1.82, 2.24) is 0 Å². The number of esters is 1. The molecule has 0 saturated heterocycles. The third-order valence-corrected chi connectivity index (χ3v) is 14.8. The number of hydrogen-bond donors (Lipinski definition) is 0. The van der Waals surface area contributed by atoms with Crippen LogP contribution in [0.4, 0.5) is 224 Å². The largest absolute Gasteiger partial charge is 0.490 e. The lowest BCUT2D eigenvalue weighted by Gasteiger charge is -2.42. The first-order chi connectivity index (χ1) is 47.6. The molecule has 56 heteroatoms. The Bertz CT molecular complexity index is 3140. The second kappa shape index (κ2) is 31.4. The predicted molar refractivity (Wildman–Crippen MR) is 259 cm³/mol. The van der Waals surface area contributed by atoms with Crippen LogP contribution >= 0.6 is 0 Å². The van der Waals surface area contributed by atoms with Crippen LogP contribution in [0.5, 0.6) is 17.2 Å². The first kappa shape index (κ1) is 101. The van der Waals surface area contributed by atoms with Gasteiger partial charge >= 0.3 is 149 Å². The van der Waals surface area contributed by atoms with Gasteiger partial charge in [-0.1, -0.05) is 17.2 Å². The fourth-order valence-electron chi connectivity index (χ4n) is 8.03. The van der Waals surface area contributed by atoms with E-state index in [1.165, 1.54) is 6.92 Å². The Morgan fingerprint density at radius 2 is 0.514 bits per heavy atom. The van der Waals surface area contributed by atoms with E-state index < -0.39 is 256 Å². The van der Waals surface area contributed by atoms with Crippen molar-refractivity contribution in [1.29, 1.82) is 0 Å². The molecular formula is C53H43F51O5. The number of ether oxygens (including phenoxy) is 4. The second-order valence-corrected chi connectivity index (χ2v) is 23.1. The minimum absolute atomic E-state index is 0.0582. The van der Waals surface area contributed by atoms with E-state index in [4.69, 9.17) is 18.9 Å². The van der Waals surface area contributed by atoms with Crippen LogP contribution in [0.3, 0.4) is 0 Å². The molecule has 0 amide bonds. The average Bonchev–Trinajstić information content (AvgIpc) is 0.706. The van der Waals surface area contributed by atoms with Crippen molar-refractivity contribution in [3.05, 3.63) is 41.0 Å². The summed E-state index contributed by atoms with van der Waals surface area (Å²) in [7, 11) is 0. The third kappa shape index (κ3) is 17.4. The minimum atomic E-state index is -9.14.